The molecule has 2 aromatic carbocycles. The van der Waals surface area contributed by atoms with Gasteiger partial charge in [-0.15, -0.1) is 0 Å². The minimum absolute atomic E-state index is 0.0760. The van der Waals surface area contributed by atoms with Crippen molar-refractivity contribution in [2.45, 2.75) is 38.6 Å². The number of hydrogen-bond acceptors (Lipinski definition) is 2. The summed E-state index contributed by atoms with van der Waals surface area (Å²) < 4.78 is 0. The third-order valence-corrected chi connectivity index (χ3v) is 4.85. The van der Waals surface area contributed by atoms with Crippen LogP contribution in [0.15, 0.2) is 60.7 Å². The Morgan fingerprint density at radius 3 is 2.42 bits per heavy atom. The zero-order chi connectivity index (χ0) is 17.3. The number of nitrogens with zero attached hydrogens (tertiary/aromatic N) is 1. The van der Waals surface area contributed by atoms with Gasteiger partial charge in [0.1, 0.15) is 6.29 Å². The van der Waals surface area contributed by atoms with Crippen molar-refractivity contribution >= 4 is 12.0 Å². The van der Waals surface area contributed by atoms with E-state index in [9.17, 15) is 4.79 Å². The van der Waals surface area contributed by atoms with Crippen molar-refractivity contribution in [2.75, 3.05) is 11.4 Å². The first kappa shape index (κ1) is 16.5. The largest absolute Gasteiger partial charge is 0.360 e. The third kappa shape index (κ3) is 3.01. The molecule has 0 unspecified atom stereocenters. The molecule has 24 heavy (non-hydrogen) atoms. The summed E-state index contributed by atoms with van der Waals surface area (Å²) >= 11 is 0. The van der Waals surface area contributed by atoms with Crippen LogP contribution < -0.4 is 4.90 Å². The molecule has 1 aliphatic heterocycles. The molecule has 0 aliphatic carbocycles. The molecule has 2 heteroatoms. The van der Waals surface area contributed by atoms with E-state index in [4.69, 9.17) is 0 Å². The SMILES string of the molecule is C=C(C=O)[C@@H]1c2ccccc2CCN1c1ccc(C(C)(C)C)cc1. The highest BCUT2D eigenvalue weighted by Crippen LogP contribution is 2.37. The number of fused-ring (bicyclic) bond motifs is 1. The second-order valence-corrected chi connectivity index (χ2v) is 7.53. The minimum Gasteiger partial charge on any atom is -0.360 e. The Kier molecular flexibility index (Phi) is 4.31. The summed E-state index contributed by atoms with van der Waals surface area (Å²) in [4.78, 5) is 13.7. The Hall–Kier alpha value is -2.35. The molecule has 0 amide bonds. The topological polar surface area (TPSA) is 20.3 Å². The second-order valence-electron chi connectivity index (χ2n) is 7.53. The van der Waals surface area contributed by atoms with Crippen LogP contribution in [-0.2, 0) is 16.6 Å². The van der Waals surface area contributed by atoms with E-state index in [1.165, 1.54) is 16.7 Å². The zero-order valence-electron chi connectivity index (χ0n) is 14.8. The van der Waals surface area contributed by atoms with Gasteiger partial charge in [-0.1, -0.05) is 63.7 Å². The first-order valence-corrected chi connectivity index (χ1v) is 8.51. The molecule has 1 heterocycles. The molecule has 0 bridgehead atoms. The Balaban J connectivity index is 2.00. The van der Waals surface area contributed by atoms with Gasteiger partial charge in [0.25, 0.3) is 0 Å². The van der Waals surface area contributed by atoms with Gasteiger partial charge in [-0.25, -0.2) is 0 Å². The van der Waals surface area contributed by atoms with Crippen molar-refractivity contribution in [2.24, 2.45) is 0 Å². The van der Waals surface area contributed by atoms with E-state index >= 15 is 0 Å². The Morgan fingerprint density at radius 2 is 1.79 bits per heavy atom. The average Bonchev–Trinajstić information content (AvgIpc) is 2.59. The summed E-state index contributed by atoms with van der Waals surface area (Å²) in [6.45, 7) is 11.6. The van der Waals surface area contributed by atoms with Crippen LogP contribution in [0.3, 0.4) is 0 Å². The molecule has 0 aromatic heterocycles. The van der Waals surface area contributed by atoms with E-state index in [1.807, 2.05) is 6.07 Å². The lowest BCUT2D eigenvalue weighted by Crippen LogP contribution is -2.36. The van der Waals surface area contributed by atoms with Gasteiger partial charge in [0.05, 0.1) is 6.04 Å². The molecular formula is C22H25NO. The molecule has 0 saturated heterocycles. The number of rotatable bonds is 3. The van der Waals surface area contributed by atoms with Gasteiger partial charge in [-0.2, -0.15) is 0 Å². The first-order valence-electron chi connectivity index (χ1n) is 8.51. The van der Waals surface area contributed by atoms with Gasteiger partial charge < -0.3 is 4.90 Å². The summed E-state index contributed by atoms with van der Waals surface area (Å²) in [7, 11) is 0. The molecule has 2 aromatic rings. The van der Waals surface area contributed by atoms with E-state index in [-0.39, 0.29) is 11.5 Å². The van der Waals surface area contributed by atoms with Gasteiger partial charge in [-0.3, -0.25) is 4.79 Å². The third-order valence-electron chi connectivity index (χ3n) is 4.85. The summed E-state index contributed by atoms with van der Waals surface area (Å²) in [5, 5.41) is 0. The van der Waals surface area contributed by atoms with E-state index in [1.54, 1.807) is 0 Å². The van der Waals surface area contributed by atoms with Crippen molar-refractivity contribution in [1.82, 2.24) is 0 Å². The van der Waals surface area contributed by atoms with Crippen LogP contribution in [0.2, 0.25) is 0 Å². The Labute approximate surface area is 144 Å². The van der Waals surface area contributed by atoms with Crippen molar-refractivity contribution in [3.63, 3.8) is 0 Å². The van der Waals surface area contributed by atoms with Crippen LogP contribution in [0.1, 0.15) is 43.5 Å². The summed E-state index contributed by atoms with van der Waals surface area (Å²) in [5.41, 5.74) is 5.72. The Morgan fingerprint density at radius 1 is 1.12 bits per heavy atom. The van der Waals surface area contributed by atoms with Gasteiger partial charge >= 0.3 is 0 Å². The molecule has 124 valence electrons. The van der Waals surface area contributed by atoms with Crippen LogP contribution >= 0.6 is 0 Å². The van der Waals surface area contributed by atoms with E-state index in [0.717, 1.165) is 24.9 Å². The summed E-state index contributed by atoms with van der Waals surface area (Å²) in [6.07, 6.45) is 1.88. The van der Waals surface area contributed by atoms with Crippen molar-refractivity contribution in [1.29, 1.82) is 0 Å². The van der Waals surface area contributed by atoms with Gasteiger partial charge in [0, 0.05) is 17.8 Å². The van der Waals surface area contributed by atoms with Crippen LogP contribution in [0.25, 0.3) is 0 Å². The van der Waals surface area contributed by atoms with Gasteiger partial charge in [0.2, 0.25) is 0 Å². The second kappa shape index (κ2) is 6.27. The lowest BCUT2D eigenvalue weighted by Gasteiger charge is -2.39. The van der Waals surface area contributed by atoms with Crippen molar-refractivity contribution in [3.05, 3.63) is 77.4 Å². The highest BCUT2D eigenvalue weighted by Gasteiger charge is 2.29. The molecule has 0 saturated carbocycles. The van der Waals surface area contributed by atoms with Crippen LogP contribution in [0, 0.1) is 0 Å². The van der Waals surface area contributed by atoms with Crippen LogP contribution in [0.4, 0.5) is 5.69 Å². The Bertz CT molecular complexity index is 752. The number of benzene rings is 2. The maximum absolute atomic E-state index is 11.5. The molecule has 3 rings (SSSR count). The molecule has 0 N–H and O–H groups in total. The van der Waals surface area contributed by atoms with Gasteiger partial charge in [-0.05, 0) is 40.7 Å². The number of carbonyl (C=O) groups is 1. The van der Waals surface area contributed by atoms with Crippen molar-refractivity contribution < 1.29 is 4.79 Å². The maximum Gasteiger partial charge on any atom is 0.147 e. The summed E-state index contributed by atoms with van der Waals surface area (Å²) in [6, 6.07) is 17.0. The van der Waals surface area contributed by atoms with Gasteiger partial charge in [0.15, 0.2) is 0 Å². The number of hydrogen-bond donors (Lipinski definition) is 0. The fraction of sp³-hybridized carbons (Fsp3) is 0.318. The molecule has 1 atom stereocenters. The van der Waals surface area contributed by atoms with E-state index < -0.39 is 0 Å². The lowest BCUT2D eigenvalue weighted by atomic mass is 9.86. The average molecular weight is 319 g/mol. The highest BCUT2D eigenvalue weighted by molar-refractivity contribution is 5.77. The quantitative estimate of drug-likeness (QED) is 0.596. The number of carbonyl (C=O) groups excluding carboxylic acids is 1. The zero-order valence-corrected chi connectivity index (χ0v) is 14.8. The minimum atomic E-state index is -0.0760. The molecular weight excluding hydrogens is 294 g/mol. The molecule has 1 aliphatic rings. The smallest absolute Gasteiger partial charge is 0.147 e. The monoisotopic (exact) mass is 319 g/mol. The fourth-order valence-corrected chi connectivity index (χ4v) is 3.46. The maximum atomic E-state index is 11.5. The number of anilines is 1. The predicted octanol–water partition coefficient (Wildman–Crippen LogP) is 4.84. The molecule has 0 fully saturated rings. The fourth-order valence-electron chi connectivity index (χ4n) is 3.46. The van der Waals surface area contributed by atoms with E-state index in [0.29, 0.717) is 5.57 Å². The summed E-state index contributed by atoms with van der Waals surface area (Å²) in [5.74, 6) is 0. The number of aldehydes is 1. The predicted molar refractivity (Wildman–Crippen MR) is 101 cm³/mol. The lowest BCUT2D eigenvalue weighted by molar-refractivity contribution is -0.105. The normalized spacial score (nSPS) is 17.3. The molecule has 0 spiro atoms. The van der Waals surface area contributed by atoms with Crippen LogP contribution in [0.5, 0.6) is 0 Å². The first-order chi connectivity index (χ1) is 11.4. The van der Waals surface area contributed by atoms with Crippen molar-refractivity contribution in [3.8, 4) is 0 Å². The molecule has 2 nitrogen and oxygen atoms in total. The standard InChI is InChI=1S/C22H25NO/c1-16(15-24)21-20-8-6-5-7-17(20)13-14-23(21)19-11-9-18(10-12-19)22(2,3)4/h5-12,15,21H,1,13-14H2,2-4H3/t21-/m1/s1. The van der Waals surface area contributed by atoms with Crippen LogP contribution in [-0.4, -0.2) is 12.8 Å². The van der Waals surface area contributed by atoms with E-state index in [2.05, 4.69) is 74.7 Å². The highest BCUT2D eigenvalue weighted by atomic mass is 16.1. The molecule has 0 radical (unpaired) electrons.